The molecule has 0 radical (unpaired) electrons. The lowest BCUT2D eigenvalue weighted by Gasteiger charge is -2.15. The van der Waals surface area contributed by atoms with Gasteiger partial charge in [-0.25, -0.2) is 8.78 Å². The van der Waals surface area contributed by atoms with E-state index in [1.165, 1.54) is 0 Å². The fourth-order valence-electron chi connectivity index (χ4n) is 1.57. The van der Waals surface area contributed by atoms with E-state index in [4.69, 9.17) is 12.2 Å². The fourth-order valence-corrected chi connectivity index (χ4v) is 1.57. The molecule has 6 heteroatoms. The third-order valence-electron chi connectivity index (χ3n) is 2.64. The Balaban J connectivity index is 2.72. The van der Waals surface area contributed by atoms with Crippen LogP contribution in [0.3, 0.4) is 0 Å². The van der Waals surface area contributed by atoms with Crippen molar-refractivity contribution in [2.45, 2.75) is 25.3 Å². The number of primary amides is 1. The lowest BCUT2D eigenvalue weighted by atomic mass is 10.1. The molecule has 2 amide bonds. The van der Waals surface area contributed by atoms with E-state index in [-0.39, 0.29) is 12.0 Å². The number of carbonyl (C=O) groups is 2. The van der Waals surface area contributed by atoms with Crippen LogP contribution in [0.25, 0.3) is 0 Å². The lowest BCUT2D eigenvalue weighted by Crippen LogP contribution is -2.44. The number of nitrogens with two attached hydrogens (primary N) is 1. The van der Waals surface area contributed by atoms with Crippen LogP contribution < -0.4 is 11.1 Å². The number of amides is 2. The third kappa shape index (κ3) is 4.35. The van der Waals surface area contributed by atoms with Crippen molar-refractivity contribution in [1.82, 2.24) is 5.32 Å². The van der Waals surface area contributed by atoms with Crippen LogP contribution >= 0.6 is 0 Å². The van der Waals surface area contributed by atoms with Crippen LogP contribution in [0.5, 0.6) is 0 Å². The van der Waals surface area contributed by atoms with Gasteiger partial charge in [0.15, 0.2) is 11.6 Å². The number of nitrogens with one attached hydrogen (secondary N) is 1. The van der Waals surface area contributed by atoms with E-state index < -0.39 is 29.5 Å². The van der Waals surface area contributed by atoms with Crippen LogP contribution in [-0.4, -0.2) is 17.9 Å². The minimum absolute atomic E-state index is 0.0906. The zero-order chi connectivity index (χ0) is 15.1. The van der Waals surface area contributed by atoms with Crippen molar-refractivity contribution in [1.29, 1.82) is 0 Å². The van der Waals surface area contributed by atoms with Gasteiger partial charge in [-0.1, -0.05) is 0 Å². The highest BCUT2D eigenvalue weighted by Gasteiger charge is 2.19. The molecular formula is C14H14F2N2O2. The lowest BCUT2D eigenvalue weighted by molar-refractivity contribution is -0.120. The van der Waals surface area contributed by atoms with Gasteiger partial charge in [-0.2, -0.15) is 0 Å². The minimum atomic E-state index is -1.14. The van der Waals surface area contributed by atoms with Crippen molar-refractivity contribution in [3.63, 3.8) is 0 Å². The van der Waals surface area contributed by atoms with Crippen LogP contribution in [0.4, 0.5) is 8.78 Å². The Morgan fingerprint density at radius 3 is 2.60 bits per heavy atom. The maximum atomic E-state index is 13.0. The Morgan fingerprint density at radius 2 is 2.05 bits per heavy atom. The summed E-state index contributed by atoms with van der Waals surface area (Å²) in [5.74, 6) is -1.20. The number of benzene rings is 1. The van der Waals surface area contributed by atoms with Crippen LogP contribution in [0.15, 0.2) is 18.2 Å². The number of rotatable bonds is 6. The highest BCUT2D eigenvalue weighted by Crippen LogP contribution is 2.09. The number of unbranched alkanes of at least 4 members (excludes halogenated alkanes) is 1. The van der Waals surface area contributed by atoms with Crippen molar-refractivity contribution in [2.24, 2.45) is 5.73 Å². The average molecular weight is 280 g/mol. The van der Waals surface area contributed by atoms with Crippen LogP contribution in [0, 0.1) is 24.0 Å². The van der Waals surface area contributed by atoms with Crippen molar-refractivity contribution in [3.05, 3.63) is 35.4 Å². The second-order valence-electron chi connectivity index (χ2n) is 4.15. The highest BCUT2D eigenvalue weighted by atomic mass is 19.2. The molecule has 106 valence electrons. The fraction of sp³-hybridized carbons (Fsp3) is 0.286. The molecule has 0 aliphatic carbocycles. The average Bonchev–Trinajstić information content (AvgIpc) is 2.40. The normalized spacial score (nSPS) is 11.4. The van der Waals surface area contributed by atoms with Crippen molar-refractivity contribution >= 4 is 11.8 Å². The summed E-state index contributed by atoms with van der Waals surface area (Å²) in [4.78, 5) is 23.0. The summed E-state index contributed by atoms with van der Waals surface area (Å²) < 4.78 is 25.8. The number of hydrogen-bond acceptors (Lipinski definition) is 2. The van der Waals surface area contributed by atoms with Crippen molar-refractivity contribution in [3.8, 4) is 12.3 Å². The van der Waals surface area contributed by atoms with E-state index in [1.807, 2.05) is 0 Å². The Bertz CT molecular complexity index is 553. The summed E-state index contributed by atoms with van der Waals surface area (Å²) in [6, 6.07) is 1.81. The quantitative estimate of drug-likeness (QED) is 0.610. The molecule has 1 rings (SSSR count). The second-order valence-corrected chi connectivity index (χ2v) is 4.15. The molecule has 0 unspecified atom stereocenters. The van der Waals surface area contributed by atoms with Gasteiger partial charge in [0, 0.05) is 12.0 Å². The van der Waals surface area contributed by atoms with Crippen LogP contribution in [-0.2, 0) is 4.79 Å². The molecule has 1 atom stereocenters. The molecule has 0 aliphatic rings. The largest absolute Gasteiger partial charge is 0.368 e. The molecule has 0 spiro atoms. The molecule has 1 aromatic rings. The van der Waals surface area contributed by atoms with Crippen molar-refractivity contribution < 1.29 is 18.4 Å². The molecular weight excluding hydrogens is 266 g/mol. The second kappa shape index (κ2) is 7.24. The van der Waals surface area contributed by atoms with E-state index in [2.05, 4.69) is 11.2 Å². The van der Waals surface area contributed by atoms with Crippen LogP contribution in [0.2, 0.25) is 0 Å². The number of carbonyl (C=O) groups excluding carboxylic acids is 2. The van der Waals surface area contributed by atoms with Gasteiger partial charge in [0.05, 0.1) is 0 Å². The van der Waals surface area contributed by atoms with E-state index >= 15 is 0 Å². The molecule has 0 saturated heterocycles. The smallest absolute Gasteiger partial charge is 0.252 e. The zero-order valence-corrected chi connectivity index (χ0v) is 10.7. The van der Waals surface area contributed by atoms with Gasteiger partial charge in [-0.3, -0.25) is 9.59 Å². The number of halogens is 2. The molecule has 0 heterocycles. The summed E-state index contributed by atoms with van der Waals surface area (Å²) >= 11 is 0. The Hall–Kier alpha value is -2.42. The van der Waals surface area contributed by atoms with E-state index in [0.29, 0.717) is 12.8 Å². The summed E-state index contributed by atoms with van der Waals surface area (Å²) in [6.07, 6.45) is 6.34. The maximum absolute atomic E-state index is 13.0. The Labute approximate surface area is 115 Å². The van der Waals surface area contributed by atoms with Gasteiger partial charge < -0.3 is 11.1 Å². The highest BCUT2D eigenvalue weighted by molar-refractivity contribution is 5.97. The first-order chi connectivity index (χ1) is 9.45. The summed E-state index contributed by atoms with van der Waals surface area (Å²) in [5, 5.41) is 2.37. The first kappa shape index (κ1) is 15.6. The first-order valence-corrected chi connectivity index (χ1v) is 5.94. The topological polar surface area (TPSA) is 72.2 Å². The molecule has 1 aromatic carbocycles. The molecule has 3 N–H and O–H groups in total. The Morgan fingerprint density at radius 1 is 1.35 bits per heavy atom. The number of hydrogen-bond donors (Lipinski definition) is 2. The van der Waals surface area contributed by atoms with Gasteiger partial charge in [0.25, 0.3) is 5.91 Å². The molecule has 0 fully saturated rings. The summed E-state index contributed by atoms with van der Waals surface area (Å²) in [5.41, 5.74) is 5.07. The third-order valence-corrected chi connectivity index (χ3v) is 2.64. The zero-order valence-electron chi connectivity index (χ0n) is 10.7. The molecule has 4 nitrogen and oxygen atoms in total. The van der Waals surface area contributed by atoms with Gasteiger partial charge in [-0.05, 0) is 31.0 Å². The molecule has 0 bridgehead atoms. The monoisotopic (exact) mass is 280 g/mol. The van der Waals surface area contributed by atoms with E-state index in [0.717, 1.165) is 18.2 Å². The first-order valence-electron chi connectivity index (χ1n) is 5.94. The van der Waals surface area contributed by atoms with Gasteiger partial charge in [0.2, 0.25) is 5.91 Å². The van der Waals surface area contributed by atoms with E-state index in [1.54, 1.807) is 0 Å². The summed E-state index contributed by atoms with van der Waals surface area (Å²) in [7, 11) is 0. The Kier molecular flexibility index (Phi) is 5.66. The van der Waals surface area contributed by atoms with Gasteiger partial charge in [-0.15, -0.1) is 12.3 Å². The molecule has 0 aliphatic heterocycles. The molecule has 0 saturated carbocycles. The van der Waals surface area contributed by atoms with Crippen molar-refractivity contribution in [2.75, 3.05) is 0 Å². The van der Waals surface area contributed by atoms with E-state index in [9.17, 15) is 18.4 Å². The van der Waals surface area contributed by atoms with Gasteiger partial charge >= 0.3 is 0 Å². The van der Waals surface area contributed by atoms with Crippen LogP contribution in [0.1, 0.15) is 29.6 Å². The molecule has 20 heavy (non-hydrogen) atoms. The maximum Gasteiger partial charge on any atom is 0.252 e. The van der Waals surface area contributed by atoms with Gasteiger partial charge in [0.1, 0.15) is 6.04 Å². The predicted octanol–water partition coefficient (Wildman–Crippen LogP) is 1.35. The predicted molar refractivity (Wildman–Crippen MR) is 69.5 cm³/mol. The standard InChI is InChI=1S/C14H14F2N2O2/c1-2-3-4-5-12(13(17)19)18-14(20)9-6-7-10(15)11(16)8-9/h1,6-8,12H,3-5H2,(H2,17,19)(H,18,20)/t12-/m0/s1. The number of terminal acetylenes is 1. The SMILES string of the molecule is C#CCCC[C@H](NC(=O)c1ccc(F)c(F)c1)C(N)=O. The molecule has 0 aromatic heterocycles. The summed E-state index contributed by atoms with van der Waals surface area (Å²) in [6.45, 7) is 0. The minimum Gasteiger partial charge on any atom is -0.368 e.